The molecule has 1 atom stereocenters. The number of nitrogens with one attached hydrogen (secondary N) is 1. The number of aromatic nitrogens is 1. The summed E-state index contributed by atoms with van der Waals surface area (Å²) in [5.74, 6) is 1.27. The molecule has 4 heteroatoms. The highest BCUT2D eigenvalue weighted by Gasteiger charge is 2.12. The van der Waals surface area contributed by atoms with E-state index in [1.165, 1.54) is 16.9 Å². The number of hydrogen-bond donors (Lipinski definition) is 1. The summed E-state index contributed by atoms with van der Waals surface area (Å²) in [7, 11) is 0. The molecule has 0 saturated carbocycles. The fourth-order valence-electron chi connectivity index (χ4n) is 1.91. The van der Waals surface area contributed by atoms with E-state index in [9.17, 15) is 0 Å². The Bertz CT molecular complexity index is 481. The third-order valence-electron chi connectivity index (χ3n) is 2.66. The Hall–Kier alpha value is -0.800. The van der Waals surface area contributed by atoms with E-state index in [1.807, 2.05) is 18.2 Å². The van der Waals surface area contributed by atoms with Gasteiger partial charge in [-0.15, -0.1) is 11.6 Å². The number of rotatable bonds is 5. The SMILES string of the molecule is CC(C)CC(CCl)Nc1snc2ccccc12. The van der Waals surface area contributed by atoms with Crippen molar-refractivity contribution >= 4 is 39.0 Å². The van der Waals surface area contributed by atoms with Crippen LogP contribution in [-0.4, -0.2) is 16.3 Å². The fraction of sp³-hybridized carbons (Fsp3) is 0.462. The van der Waals surface area contributed by atoms with Crippen LogP contribution in [0.4, 0.5) is 5.00 Å². The minimum absolute atomic E-state index is 0.320. The summed E-state index contributed by atoms with van der Waals surface area (Å²) in [6.45, 7) is 4.43. The zero-order chi connectivity index (χ0) is 12.3. The lowest BCUT2D eigenvalue weighted by atomic mass is 10.1. The minimum Gasteiger partial charge on any atom is -0.371 e. The molecular formula is C13H17ClN2S. The predicted molar refractivity (Wildman–Crippen MR) is 77.2 cm³/mol. The van der Waals surface area contributed by atoms with Crippen LogP contribution >= 0.6 is 23.1 Å². The molecule has 1 heterocycles. The maximum absolute atomic E-state index is 6.00. The molecule has 2 aromatic rings. The Labute approximate surface area is 111 Å². The lowest BCUT2D eigenvalue weighted by Gasteiger charge is -2.18. The topological polar surface area (TPSA) is 24.9 Å². The molecule has 1 aromatic carbocycles. The molecule has 0 fully saturated rings. The maximum Gasteiger partial charge on any atom is 0.117 e. The van der Waals surface area contributed by atoms with Crippen LogP contribution in [0.5, 0.6) is 0 Å². The van der Waals surface area contributed by atoms with Gasteiger partial charge in [0.05, 0.1) is 5.52 Å². The third-order valence-corrected chi connectivity index (χ3v) is 3.84. The van der Waals surface area contributed by atoms with Crippen LogP contribution in [0, 0.1) is 5.92 Å². The Balaban J connectivity index is 2.16. The standard InChI is InChI=1S/C13H17ClN2S/c1-9(2)7-10(8-14)15-13-11-5-3-4-6-12(11)16-17-13/h3-6,9-10,15H,7-8H2,1-2H3. The maximum atomic E-state index is 6.00. The lowest BCUT2D eigenvalue weighted by molar-refractivity contribution is 0.543. The van der Waals surface area contributed by atoms with Gasteiger partial charge in [-0.1, -0.05) is 26.0 Å². The predicted octanol–water partition coefficient (Wildman–Crippen LogP) is 4.36. The van der Waals surface area contributed by atoms with Gasteiger partial charge in [-0.3, -0.25) is 0 Å². The van der Waals surface area contributed by atoms with Crippen molar-refractivity contribution in [3.05, 3.63) is 24.3 Å². The number of anilines is 1. The van der Waals surface area contributed by atoms with Gasteiger partial charge in [0.15, 0.2) is 0 Å². The van der Waals surface area contributed by atoms with Crippen molar-refractivity contribution in [3.63, 3.8) is 0 Å². The van der Waals surface area contributed by atoms with E-state index in [-0.39, 0.29) is 0 Å². The van der Waals surface area contributed by atoms with Crippen molar-refractivity contribution < 1.29 is 0 Å². The van der Waals surface area contributed by atoms with Gasteiger partial charge in [0.25, 0.3) is 0 Å². The molecule has 1 aromatic heterocycles. The molecule has 0 amide bonds. The molecule has 0 aliphatic carbocycles. The van der Waals surface area contributed by atoms with Gasteiger partial charge in [-0.2, -0.15) is 4.37 Å². The normalized spacial score (nSPS) is 13.2. The van der Waals surface area contributed by atoms with Gasteiger partial charge < -0.3 is 5.32 Å². The van der Waals surface area contributed by atoms with Gasteiger partial charge in [-0.25, -0.2) is 0 Å². The fourth-order valence-corrected chi connectivity index (χ4v) is 2.95. The van der Waals surface area contributed by atoms with Crippen LogP contribution in [0.3, 0.4) is 0 Å². The average Bonchev–Trinajstić information content (AvgIpc) is 2.71. The molecule has 0 aliphatic heterocycles. The molecule has 1 N–H and O–H groups in total. The second-order valence-electron chi connectivity index (χ2n) is 4.65. The summed E-state index contributed by atoms with van der Waals surface area (Å²) < 4.78 is 4.42. The highest BCUT2D eigenvalue weighted by atomic mass is 35.5. The highest BCUT2D eigenvalue weighted by molar-refractivity contribution is 7.11. The summed E-state index contributed by atoms with van der Waals surface area (Å²) in [5, 5.41) is 5.83. The second-order valence-corrected chi connectivity index (χ2v) is 5.74. The Kier molecular flexibility index (Phi) is 4.24. The molecule has 92 valence electrons. The smallest absolute Gasteiger partial charge is 0.117 e. The molecule has 2 rings (SSSR count). The van der Waals surface area contributed by atoms with Gasteiger partial charge in [-0.05, 0) is 36.0 Å². The highest BCUT2D eigenvalue weighted by Crippen LogP contribution is 2.28. The van der Waals surface area contributed by atoms with E-state index in [0.717, 1.165) is 16.9 Å². The molecular weight excluding hydrogens is 252 g/mol. The first-order valence-corrected chi connectivity index (χ1v) is 7.18. The minimum atomic E-state index is 0.320. The van der Waals surface area contributed by atoms with Crippen LogP contribution in [0.2, 0.25) is 0 Å². The van der Waals surface area contributed by atoms with E-state index in [0.29, 0.717) is 17.8 Å². The van der Waals surface area contributed by atoms with E-state index in [2.05, 4.69) is 29.6 Å². The molecule has 17 heavy (non-hydrogen) atoms. The molecule has 0 saturated heterocycles. The zero-order valence-corrected chi connectivity index (χ0v) is 11.7. The first kappa shape index (κ1) is 12.7. The first-order chi connectivity index (χ1) is 8.20. The van der Waals surface area contributed by atoms with E-state index in [4.69, 9.17) is 11.6 Å². The van der Waals surface area contributed by atoms with Crippen molar-refractivity contribution in [1.82, 2.24) is 4.37 Å². The largest absolute Gasteiger partial charge is 0.371 e. The van der Waals surface area contributed by atoms with Crippen molar-refractivity contribution in [2.24, 2.45) is 5.92 Å². The molecule has 0 aliphatic rings. The molecule has 0 radical (unpaired) electrons. The van der Waals surface area contributed by atoms with Crippen molar-refractivity contribution in [1.29, 1.82) is 0 Å². The summed E-state index contributed by atoms with van der Waals surface area (Å²) in [6.07, 6.45) is 1.08. The van der Waals surface area contributed by atoms with Crippen molar-refractivity contribution in [3.8, 4) is 0 Å². The van der Waals surface area contributed by atoms with Crippen molar-refractivity contribution in [2.75, 3.05) is 11.2 Å². The summed E-state index contributed by atoms with van der Waals surface area (Å²) >= 11 is 7.52. The van der Waals surface area contributed by atoms with Gasteiger partial charge >= 0.3 is 0 Å². The van der Waals surface area contributed by atoms with Crippen LogP contribution in [0.15, 0.2) is 24.3 Å². The number of benzene rings is 1. The Morgan fingerprint density at radius 3 is 2.82 bits per heavy atom. The molecule has 2 nitrogen and oxygen atoms in total. The van der Waals surface area contributed by atoms with E-state index >= 15 is 0 Å². The number of nitrogens with zero attached hydrogens (tertiary/aromatic N) is 1. The number of hydrogen-bond acceptors (Lipinski definition) is 3. The molecule has 0 spiro atoms. The lowest BCUT2D eigenvalue weighted by Crippen LogP contribution is -2.22. The third kappa shape index (κ3) is 3.11. The van der Waals surface area contributed by atoms with Gasteiger partial charge in [0.2, 0.25) is 0 Å². The molecule has 1 unspecified atom stereocenters. The summed E-state index contributed by atoms with van der Waals surface area (Å²) in [5.41, 5.74) is 1.05. The van der Waals surface area contributed by atoms with Crippen LogP contribution in [-0.2, 0) is 0 Å². The second kappa shape index (κ2) is 5.69. The van der Waals surface area contributed by atoms with Crippen LogP contribution in [0.25, 0.3) is 10.9 Å². The van der Waals surface area contributed by atoms with Gasteiger partial charge in [0.1, 0.15) is 5.00 Å². The van der Waals surface area contributed by atoms with E-state index in [1.54, 1.807) is 0 Å². The summed E-state index contributed by atoms with van der Waals surface area (Å²) in [4.78, 5) is 0. The van der Waals surface area contributed by atoms with Gasteiger partial charge in [0, 0.05) is 17.3 Å². The number of alkyl halides is 1. The number of fused-ring (bicyclic) bond motifs is 1. The van der Waals surface area contributed by atoms with E-state index < -0.39 is 0 Å². The monoisotopic (exact) mass is 268 g/mol. The Morgan fingerprint density at radius 1 is 1.35 bits per heavy atom. The first-order valence-electron chi connectivity index (χ1n) is 5.87. The molecule has 0 bridgehead atoms. The average molecular weight is 269 g/mol. The Morgan fingerprint density at radius 2 is 2.12 bits per heavy atom. The quantitative estimate of drug-likeness (QED) is 0.815. The zero-order valence-electron chi connectivity index (χ0n) is 10.1. The number of halogens is 1. The summed E-state index contributed by atoms with van der Waals surface area (Å²) in [6, 6.07) is 8.51. The van der Waals surface area contributed by atoms with Crippen LogP contribution < -0.4 is 5.32 Å². The van der Waals surface area contributed by atoms with Crippen LogP contribution in [0.1, 0.15) is 20.3 Å². The van der Waals surface area contributed by atoms with Crippen molar-refractivity contribution in [2.45, 2.75) is 26.3 Å².